The molecule has 36 heavy (non-hydrogen) atoms. The van der Waals surface area contributed by atoms with Crippen LogP contribution in [0.15, 0.2) is 12.2 Å². The molecule has 6 amide bonds. The van der Waals surface area contributed by atoms with Gasteiger partial charge >= 0.3 is 12.0 Å². The third-order valence-corrected chi connectivity index (χ3v) is 8.05. The number of imide groups is 2. The zero-order valence-corrected chi connectivity index (χ0v) is 20.8. The molecule has 0 saturated carbocycles. The van der Waals surface area contributed by atoms with Crippen molar-refractivity contribution in [2.45, 2.75) is 74.7 Å². The molecule has 3 aliphatic heterocycles. The van der Waals surface area contributed by atoms with Crippen molar-refractivity contribution in [3.63, 3.8) is 0 Å². The second-order valence-electron chi connectivity index (χ2n) is 9.13. The van der Waals surface area contributed by atoms with Gasteiger partial charge in [-0.3, -0.25) is 33.8 Å². The lowest BCUT2D eigenvalue weighted by atomic mass is 10.0. The fraction of sp³-hybridized carbons (Fsp3) is 0.652. The topological polar surface area (TPSA) is 179 Å². The number of carbonyl (C=O) groups is 6. The summed E-state index contributed by atoms with van der Waals surface area (Å²) < 4.78 is 0. The van der Waals surface area contributed by atoms with Crippen LogP contribution in [0.4, 0.5) is 4.79 Å². The lowest BCUT2D eigenvalue weighted by molar-refractivity contribution is -0.139. The number of fused-ring (bicyclic) bond motifs is 1. The van der Waals surface area contributed by atoms with Gasteiger partial charge in [-0.2, -0.15) is 11.8 Å². The molecule has 3 unspecified atom stereocenters. The molecule has 0 aromatic rings. The Morgan fingerprint density at radius 1 is 1.11 bits per heavy atom. The van der Waals surface area contributed by atoms with Gasteiger partial charge in [0.05, 0.1) is 12.1 Å². The third kappa shape index (κ3) is 7.06. The van der Waals surface area contributed by atoms with Crippen molar-refractivity contribution in [1.82, 2.24) is 20.4 Å². The van der Waals surface area contributed by atoms with Gasteiger partial charge in [0.15, 0.2) is 0 Å². The first-order valence-electron chi connectivity index (χ1n) is 12.2. The number of thioether (sulfide) groups is 1. The normalized spacial score (nSPS) is 23.7. The van der Waals surface area contributed by atoms with Gasteiger partial charge in [-0.1, -0.05) is 6.42 Å². The van der Waals surface area contributed by atoms with Gasteiger partial charge in [-0.05, 0) is 32.1 Å². The van der Waals surface area contributed by atoms with Crippen molar-refractivity contribution in [3.8, 4) is 0 Å². The van der Waals surface area contributed by atoms with Crippen molar-refractivity contribution in [2.24, 2.45) is 5.73 Å². The second-order valence-corrected chi connectivity index (χ2v) is 10.4. The van der Waals surface area contributed by atoms with Crippen LogP contribution in [0.5, 0.6) is 0 Å². The highest BCUT2D eigenvalue weighted by molar-refractivity contribution is 8.00. The SMILES string of the molecule is N[C@@H](CCCCNC(=O)CCCCC1SCC2NC(=O)N(C(=O)CCN3C(=O)C=CC3=O)C21)C(=O)O. The van der Waals surface area contributed by atoms with Gasteiger partial charge in [0.25, 0.3) is 11.8 Å². The van der Waals surface area contributed by atoms with Gasteiger partial charge < -0.3 is 21.5 Å². The van der Waals surface area contributed by atoms with E-state index in [0.29, 0.717) is 44.4 Å². The molecular weight excluding hydrogens is 490 g/mol. The number of unbranched alkanes of at least 4 members (excludes halogenated alkanes) is 2. The Kier molecular flexibility index (Phi) is 9.88. The van der Waals surface area contributed by atoms with Crippen molar-refractivity contribution in [2.75, 3.05) is 18.8 Å². The Morgan fingerprint density at radius 2 is 1.83 bits per heavy atom. The molecule has 12 nitrogen and oxygen atoms in total. The van der Waals surface area contributed by atoms with E-state index in [2.05, 4.69) is 10.6 Å². The fourth-order valence-corrected chi connectivity index (χ4v) is 6.17. The van der Waals surface area contributed by atoms with Crippen LogP contribution in [0.2, 0.25) is 0 Å². The van der Waals surface area contributed by atoms with Gasteiger partial charge in [0.2, 0.25) is 11.8 Å². The number of carboxylic acid groups (broad SMARTS) is 1. The lowest BCUT2D eigenvalue weighted by Gasteiger charge is -2.26. The van der Waals surface area contributed by atoms with Gasteiger partial charge in [0.1, 0.15) is 6.04 Å². The highest BCUT2D eigenvalue weighted by Crippen LogP contribution is 2.37. The van der Waals surface area contributed by atoms with E-state index < -0.39 is 35.8 Å². The molecule has 4 atom stereocenters. The second kappa shape index (κ2) is 12.9. The molecule has 2 saturated heterocycles. The maximum absolute atomic E-state index is 12.8. The molecule has 0 aliphatic carbocycles. The smallest absolute Gasteiger partial charge is 0.324 e. The fourth-order valence-electron chi connectivity index (χ4n) is 4.59. The van der Waals surface area contributed by atoms with Crippen LogP contribution >= 0.6 is 11.8 Å². The summed E-state index contributed by atoms with van der Waals surface area (Å²) in [5, 5.41) is 14.5. The first-order chi connectivity index (χ1) is 17.2. The number of hydrogen-bond donors (Lipinski definition) is 4. The minimum Gasteiger partial charge on any atom is -0.480 e. The maximum atomic E-state index is 12.8. The van der Waals surface area contributed by atoms with Crippen LogP contribution in [-0.2, 0) is 24.0 Å². The first kappa shape index (κ1) is 27.7. The summed E-state index contributed by atoms with van der Waals surface area (Å²) in [4.78, 5) is 73.7. The summed E-state index contributed by atoms with van der Waals surface area (Å²) in [5.74, 6) is -1.73. The van der Waals surface area contributed by atoms with E-state index in [1.807, 2.05) is 0 Å². The predicted molar refractivity (Wildman–Crippen MR) is 131 cm³/mol. The molecule has 198 valence electrons. The zero-order valence-electron chi connectivity index (χ0n) is 20.0. The van der Waals surface area contributed by atoms with E-state index in [-0.39, 0.29) is 36.2 Å². The molecule has 0 bridgehead atoms. The summed E-state index contributed by atoms with van der Waals surface area (Å²) in [6, 6.07) is -1.74. The number of rotatable bonds is 14. The van der Waals surface area contributed by atoms with Crippen molar-refractivity contribution in [3.05, 3.63) is 12.2 Å². The van der Waals surface area contributed by atoms with E-state index in [9.17, 15) is 28.8 Å². The first-order valence-corrected chi connectivity index (χ1v) is 13.3. The number of amides is 6. The Labute approximate surface area is 213 Å². The monoisotopic (exact) mass is 523 g/mol. The molecule has 3 heterocycles. The maximum Gasteiger partial charge on any atom is 0.324 e. The predicted octanol–water partition coefficient (Wildman–Crippen LogP) is -0.0353. The molecule has 0 aromatic carbocycles. The van der Waals surface area contributed by atoms with Gasteiger partial charge in [-0.25, -0.2) is 4.79 Å². The van der Waals surface area contributed by atoms with E-state index in [4.69, 9.17) is 10.8 Å². The number of urea groups is 1. The van der Waals surface area contributed by atoms with Crippen LogP contribution in [-0.4, -0.2) is 92.8 Å². The molecule has 3 aliphatic rings. The van der Waals surface area contributed by atoms with Crippen LogP contribution in [0.25, 0.3) is 0 Å². The number of carboxylic acids is 1. The number of nitrogens with one attached hydrogen (secondary N) is 2. The zero-order chi connectivity index (χ0) is 26.2. The quantitative estimate of drug-likeness (QED) is 0.138. The summed E-state index contributed by atoms with van der Waals surface area (Å²) in [5.41, 5.74) is 5.45. The van der Waals surface area contributed by atoms with Crippen molar-refractivity contribution in [1.29, 1.82) is 0 Å². The molecular formula is C23H33N5O7S. The van der Waals surface area contributed by atoms with Crippen molar-refractivity contribution < 1.29 is 33.9 Å². The van der Waals surface area contributed by atoms with Gasteiger partial charge in [-0.15, -0.1) is 0 Å². The largest absolute Gasteiger partial charge is 0.480 e. The molecule has 13 heteroatoms. The summed E-state index contributed by atoms with van der Waals surface area (Å²) in [6.45, 7) is 0.410. The number of hydrogen-bond acceptors (Lipinski definition) is 8. The molecule has 2 fully saturated rings. The van der Waals surface area contributed by atoms with Crippen LogP contribution in [0, 0.1) is 0 Å². The summed E-state index contributed by atoms with van der Waals surface area (Å²) in [7, 11) is 0. The van der Waals surface area contributed by atoms with Gasteiger partial charge in [0, 0.05) is 49.1 Å². The number of nitrogens with zero attached hydrogens (tertiary/aromatic N) is 2. The average Bonchev–Trinajstić information content (AvgIpc) is 3.47. The van der Waals surface area contributed by atoms with E-state index in [1.54, 1.807) is 11.8 Å². The Morgan fingerprint density at radius 3 is 2.53 bits per heavy atom. The Bertz CT molecular complexity index is 909. The summed E-state index contributed by atoms with van der Waals surface area (Å²) >= 11 is 1.69. The third-order valence-electron chi connectivity index (χ3n) is 6.55. The van der Waals surface area contributed by atoms with E-state index in [0.717, 1.165) is 29.9 Å². The number of aliphatic carboxylic acids is 1. The van der Waals surface area contributed by atoms with E-state index >= 15 is 0 Å². The Hall–Kier alpha value is -2.93. The summed E-state index contributed by atoms with van der Waals surface area (Å²) in [6.07, 6.45) is 6.41. The molecule has 3 rings (SSSR count). The highest BCUT2D eigenvalue weighted by Gasteiger charge is 2.50. The molecule has 0 aromatic heterocycles. The molecule has 0 radical (unpaired) electrons. The highest BCUT2D eigenvalue weighted by atomic mass is 32.2. The minimum atomic E-state index is -1.02. The van der Waals surface area contributed by atoms with Crippen LogP contribution in [0.3, 0.4) is 0 Å². The van der Waals surface area contributed by atoms with E-state index in [1.165, 1.54) is 4.90 Å². The molecule has 0 spiro atoms. The lowest BCUT2D eigenvalue weighted by Crippen LogP contribution is -2.46. The van der Waals surface area contributed by atoms with Crippen LogP contribution < -0.4 is 16.4 Å². The number of nitrogens with two attached hydrogens (primary N) is 1. The van der Waals surface area contributed by atoms with Crippen LogP contribution in [0.1, 0.15) is 51.4 Å². The van der Waals surface area contributed by atoms with Crippen molar-refractivity contribution >= 4 is 47.4 Å². The number of carbonyl (C=O) groups excluding carboxylic acids is 5. The Balaban J connectivity index is 1.36. The average molecular weight is 524 g/mol. The molecule has 5 N–H and O–H groups in total. The standard InChI is InChI=1S/C23H33N5O7S/c24-14(22(33)34)5-3-4-11-25-17(29)7-2-1-6-16-21-15(13-36-16)26-23(35)28(21)20(32)10-12-27-18(30)8-9-19(27)31/h8-9,14-16,21H,1-7,10-13,24H2,(H,25,29)(H,26,35)(H,33,34)/t14-,15?,16?,21?/m0/s1. The minimum absolute atomic E-state index is 0.0520.